The highest BCUT2D eigenvalue weighted by Gasteiger charge is 2.26. The number of para-hydroxylation sites is 1. The molecule has 0 bridgehead atoms. The largest absolute Gasteiger partial charge is 0.444 e. The van der Waals surface area contributed by atoms with Crippen LogP contribution in [-0.2, 0) is 11.3 Å². The molecule has 1 aromatic heterocycles. The molecule has 1 aliphatic rings. The number of ether oxygens (including phenoxy) is 1. The average Bonchev–Trinajstić information content (AvgIpc) is 3.20. The standard InChI is InChI=1S/C26H32N4O3/c1-26(2,3)33-25(32)29-14-12-22(13-15-29)27-17-24(31)20-10-8-19(9-11-20)18-30-23-7-5-4-6-21(23)16-28-30/h4-11,16,22,27H,12-15,17-18H2,1-3H3. The summed E-state index contributed by atoms with van der Waals surface area (Å²) in [4.78, 5) is 26.6. The Morgan fingerprint density at radius 3 is 2.45 bits per heavy atom. The van der Waals surface area contributed by atoms with E-state index < -0.39 is 5.60 Å². The van der Waals surface area contributed by atoms with Gasteiger partial charge in [-0.3, -0.25) is 9.48 Å². The van der Waals surface area contributed by atoms with Crippen molar-refractivity contribution in [1.29, 1.82) is 0 Å². The van der Waals surface area contributed by atoms with E-state index in [-0.39, 0.29) is 17.9 Å². The third kappa shape index (κ3) is 5.99. The molecule has 1 fully saturated rings. The Labute approximate surface area is 194 Å². The minimum Gasteiger partial charge on any atom is -0.444 e. The number of hydrogen-bond acceptors (Lipinski definition) is 5. The second-order valence-corrected chi connectivity index (χ2v) is 9.60. The molecule has 1 amide bonds. The second-order valence-electron chi connectivity index (χ2n) is 9.60. The number of hydrogen-bond donors (Lipinski definition) is 1. The van der Waals surface area contributed by atoms with Gasteiger partial charge in [0.25, 0.3) is 0 Å². The number of likely N-dealkylation sites (tertiary alicyclic amines) is 1. The van der Waals surface area contributed by atoms with Crippen molar-refractivity contribution >= 4 is 22.8 Å². The number of nitrogens with zero attached hydrogens (tertiary/aromatic N) is 3. The molecule has 0 spiro atoms. The minimum atomic E-state index is -0.486. The normalized spacial score (nSPS) is 15.1. The Hall–Kier alpha value is -3.19. The molecule has 0 unspecified atom stereocenters. The summed E-state index contributed by atoms with van der Waals surface area (Å²) in [5.74, 6) is 0.0701. The quantitative estimate of drug-likeness (QED) is 0.571. The van der Waals surface area contributed by atoms with E-state index in [1.807, 2.05) is 68.0 Å². The molecule has 3 aromatic rings. The zero-order chi connectivity index (χ0) is 23.4. The number of fused-ring (bicyclic) bond motifs is 1. The van der Waals surface area contributed by atoms with Crippen molar-refractivity contribution in [2.45, 2.75) is 51.8 Å². The number of carbonyl (C=O) groups is 2. The molecule has 0 saturated carbocycles. The Kier molecular flexibility index (Phi) is 6.79. The van der Waals surface area contributed by atoms with Gasteiger partial charge >= 0.3 is 6.09 Å². The predicted molar refractivity (Wildman–Crippen MR) is 128 cm³/mol. The number of aromatic nitrogens is 2. The topological polar surface area (TPSA) is 76.5 Å². The van der Waals surface area contributed by atoms with Gasteiger partial charge in [-0.15, -0.1) is 0 Å². The first-order valence-corrected chi connectivity index (χ1v) is 11.5. The Balaban J connectivity index is 1.24. The maximum absolute atomic E-state index is 12.7. The van der Waals surface area contributed by atoms with Crippen LogP contribution in [0, 0.1) is 0 Å². The molecular weight excluding hydrogens is 416 g/mol. The fourth-order valence-electron chi connectivity index (χ4n) is 4.05. The van der Waals surface area contributed by atoms with E-state index >= 15 is 0 Å². The van der Waals surface area contributed by atoms with Gasteiger partial charge in [-0.25, -0.2) is 4.79 Å². The van der Waals surface area contributed by atoms with Crippen molar-refractivity contribution in [1.82, 2.24) is 20.0 Å². The molecule has 33 heavy (non-hydrogen) atoms. The molecule has 7 heteroatoms. The van der Waals surface area contributed by atoms with Crippen LogP contribution >= 0.6 is 0 Å². The van der Waals surface area contributed by atoms with Gasteiger partial charge in [-0.2, -0.15) is 5.10 Å². The first-order chi connectivity index (χ1) is 15.8. The fraction of sp³-hybridized carbons (Fsp3) is 0.423. The van der Waals surface area contributed by atoms with Gasteiger partial charge in [0.2, 0.25) is 0 Å². The summed E-state index contributed by atoms with van der Waals surface area (Å²) in [7, 11) is 0. The molecule has 4 rings (SSSR count). The van der Waals surface area contributed by atoms with Gasteiger partial charge in [0.05, 0.1) is 24.8 Å². The third-order valence-corrected chi connectivity index (χ3v) is 5.86. The fourth-order valence-corrected chi connectivity index (χ4v) is 4.05. The van der Waals surface area contributed by atoms with Crippen molar-refractivity contribution in [3.05, 3.63) is 65.9 Å². The summed E-state index contributed by atoms with van der Waals surface area (Å²) >= 11 is 0. The zero-order valence-corrected chi connectivity index (χ0v) is 19.6. The molecule has 0 atom stereocenters. The Morgan fingerprint density at radius 2 is 1.76 bits per heavy atom. The predicted octanol–water partition coefficient (Wildman–Crippen LogP) is 4.26. The van der Waals surface area contributed by atoms with Crippen LogP contribution in [0.4, 0.5) is 4.79 Å². The van der Waals surface area contributed by atoms with Gasteiger partial charge in [-0.1, -0.05) is 42.5 Å². The summed E-state index contributed by atoms with van der Waals surface area (Å²) in [6.07, 6.45) is 3.23. The molecule has 1 aliphatic heterocycles. The lowest BCUT2D eigenvalue weighted by molar-refractivity contribution is 0.0198. The maximum atomic E-state index is 12.7. The van der Waals surface area contributed by atoms with E-state index in [1.54, 1.807) is 4.90 Å². The molecule has 1 saturated heterocycles. The third-order valence-electron chi connectivity index (χ3n) is 5.86. The molecular formula is C26H32N4O3. The second kappa shape index (κ2) is 9.75. The lowest BCUT2D eigenvalue weighted by Crippen LogP contribution is -2.47. The molecule has 174 valence electrons. The van der Waals surface area contributed by atoms with Crippen LogP contribution in [0.15, 0.2) is 54.7 Å². The number of ketones is 1. The lowest BCUT2D eigenvalue weighted by atomic mass is 10.0. The molecule has 0 aliphatic carbocycles. The van der Waals surface area contributed by atoms with Crippen molar-refractivity contribution < 1.29 is 14.3 Å². The Bertz CT molecular complexity index is 1110. The van der Waals surface area contributed by atoms with Crippen molar-refractivity contribution in [3.63, 3.8) is 0 Å². The molecule has 1 N–H and O–H groups in total. The van der Waals surface area contributed by atoms with E-state index in [0.717, 1.165) is 29.3 Å². The van der Waals surface area contributed by atoms with Gasteiger partial charge in [-0.05, 0) is 45.2 Å². The van der Waals surface area contributed by atoms with E-state index in [1.165, 1.54) is 0 Å². The summed E-state index contributed by atoms with van der Waals surface area (Å²) in [6.45, 7) is 7.84. The first kappa shape index (κ1) is 23.0. The van der Waals surface area contributed by atoms with Crippen LogP contribution < -0.4 is 5.32 Å². The number of carbonyl (C=O) groups excluding carboxylic acids is 2. The summed E-state index contributed by atoms with van der Waals surface area (Å²) in [5.41, 5.74) is 2.41. The smallest absolute Gasteiger partial charge is 0.410 e. The number of amides is 1. The molecule has 7 nitrogen and oxygen atoms in total. The van der Waals surface area contributed by atoms with Gasteiger partial charge < -0.3 is 15.0 Å². The van der Waals surface area contributed by atoms with Crippen LogP contribution in [0.1, 0.15) is 49.5 Å². The highest BCUT2D eigenvalue weighted by molar-refractivity contribution is 5.97. The van der Waals surface area contributed by atoms with Crippen LogP contribution in [0.3, 0.4) is 0 Å². The zero-order valence-electron chi connectivity index (χ0n) is 19.6. The van der Waals surface area contributed by atoms with Gasteiger partial charge in [0.15, 0.2) is 5.78 Å². The van der Waals surface area contributed by atoms with Crippen molar-refractivity contribution in [2.24, 2.45) is 0 Å². The van der Waals surface area contributed by atoms with Crippen molar-refractivity contribution in [2.75, 3.05) is 19.6 Å². The average molecular weight is 449 g/mol. The summed E-state index contributed by atoms with van der Waals surface area (Å²) < 4.78 is 7.41. The van der Waals surface area contributed by atoms with Crippen LogP contribution in [0.2, 0.25) is 0 Å². The lowest BCUT2D eigenvalue weighted by Gasteiger charge is -2.33. The number of benzene rings is 2. The number of piperidine rings is 1. The number of rotatable bonds is 6. The SMILES string of the molecule is CC(C)(C)OC(=O)N1CCC(NCC(=O)c2ccc(Cn3ncc4ccccc43)cc2)CC1. The molecule has 2 heterocycles. The Morgan fingerprint density at radius 1 is 1.06 bits per heavy atom. The number of Topliss-reactive ketones (excluding diaryl/α,β-unsaturated/α-hetero) is 1. The van der Waals surface area contributed by atoms with Gasteiger partial charge in [0, 0.05) is 30.1 Å². The van der Waals surface area contributed by atoms with E-state index in [4.69, 9.17) is 4.74 Å². The van der Waals surface area contributed by atoms with E-state index in [2.05, 4.69) is 22.5 Å². The number of nitrogens with one attached hydrogen (secondary N) is 1. The van der Waals surface area contributed by atoms with Gasteiger partial charge in [0.1, 0.15) is 5.60 Å². The van der Waals surface area contributed by atoms with Crippen LogP contribution in [0.25, 0.3) is 10.9 Å². The summed E-state index contributed by atoms with van der Waals surface area (Å²) in [6, 6.07) is 16.1. The molecule has 0 radical (unpaired) electrons. The maximum Gasteiger partial charge on any atom is 0.410 e. The van der Waals surface area contributed by atoms with E-state index in [0.29, 0.717) is 31.7 Å². The highest BCUT2D eigenvalue weighted by Crippen LogP contribution is 2.17. The van der Waals surface area contributed by atoms with Crippen LogP contribution in [-0.4, -0.2) is 57.8 Å². The van der Waals surface area contributed by atoms with Crippen LogP contribution in [0.5, 0.6) is 0 Å². The first-order valence-electron chi connectivity index (χ1n) is 11.5. The minimum absolute atomic E-state index is 0.0701. The summed E-state index contributed by atoms with van der Waals surface area (Å²) in [5, 5.41) is 8.94. The van der Waals surface area contributed by atoms with Crippen molar-refractivity contribution in [3.8, 4) is 0 Å². The monoisotopic (exact) mass is 448 g/mol. The molecule has 2 aromatic carbocycles. The van der Waals surface area contributed by atoms with E-state index in [9.17, 15) is 9.59 Å². The highest BCUT2D eigenvalue weighted by atomic mass is 16.6.